The Morgan fingerprint density at radius 1 is 1.03 bits per heavy atom. The molecule has 4 rings (SSSR count). The zero-order valence-electron chi connectivity index (χ0n) is 17.6. The summed E-state index contributed by atoms with van der Waals surface area (Å²) < 4.78 is 38.6. The number of benzene rings is 2. The zero-order chi connectivity index (χ0) is 23.3. The van der Waals surface area contributed by atoms with E-state index in [9.17, 15) is 13.2 Å². The lowest BCUT2D eigenvalue weighted by atomic mass is 10.2. The number of halogens is 1. The van der Waals surface area contributed by atoms with Crippen LogP contribution in [0.2, 0.25) is 5.02 Å². The first-order valence-electron chi connectivity index (χ1n) is 10.3. The van der Waals surface area contributed by atoms with Crippen molar-refractivity contribution in [2.24, 2.45) is 0 Å². The van der Waals surface area contributed by atoms with Crippen molar-refractivity contribution in [3.8, 4) is 11.5 Å². The van der Waals surface area contributed by atoms with Gasteiger partial charge in [0.15, 0.2) is 11.5 Å². The van der Waals surface area contributed by atoms with Crippen LogP contribution in [-0.2, 0) is 23.1 Å². The maximum atomic E-state index is 13.2. The van der Waals surface area contributed by atoms with Crippen LogP contribution in [0.3, 0.4) is 0 Å². The second-order valence-electron chi connectivity index (χ2n) is 7.32. The van der Waals surface area contributed by atoms with Crippen LogP contribution in [0.4, 0.5) is 4.79 Å². The van der Waals surface area contributed by atoms with Crippen molar-refractivity contribution >= 4 is 27.7 Å². The number of urea groups is 1. The van der Waals surface area contributed by atoms with Gasteiger partial charge in [0.05, 0.1) is 19.8 Å². The highest BCUT2D eigenvalue weighted by atomic mass is 35.5. The topological polar surface area (TPSA) is 97.8 Å². The van der Waals surface area contributed by atoms with Gasteiger partial charge in [-0.25, -0.2) is 17.5 Å². The Morgan fingerprint density at radius 3 is 2.48 bits per heavy atom. The zero-order valence-corrected chi connectivity index (χ0v) is 19.2. The highest BCUT2D eigenvalue weighted by Crippen LogP contribution is 2.30. The minimum absolute atomic E-state index is 0.0790. The summed E-state index contributed by atoms with van der Waals surface area (Å²) in [5.41, 5.74) is 1.36. The molecule has 172 valence electrons. The summed E-state index contributed by atoms with van der Waals surface area (Å²) in [6.07, 6.45) is 3.46. The third-order valence-electron chi connectivity index (χ3n) is 4.94. The molecule has 0 radical (unpaired) electrons. The fourth-order valence-corrected chi connectivity index (χ4v) is 4.66. The molecular weight excluding hydrogens is 466 g/mol. The summed E-state index contributed by atoms with van der Waals surface area (Å²) in [6, 6.07) is 14.1. The first kappa shape index (κ1) is 22.9. The summed E-state index contributed by atoms with van der Waals surface area (Å²) in [5.74, 6) is 1.24. The van der Waals surface area contributed by atoms with Gasteiger partial charge in [0.25, 0.3) is 10.0 Å². The molecule has 1 N–H and O–H groups in total. The van der Waals surface area contributed by atoms with E-state index in [0.717, 1.165) is 16.3 Å². The maximum absolute atomic E-state index is 13.2. The van der Waals surface area contributed by atoms with Gasteiger partial charge in [0.1, 0.15) is 4.90 Å². The Morgan fingerprint density at radius 2 is 1.76 bits per heavy atom. The molecule has 1 aliphatic heterocycles. The highest BCUT2D eigenvalue weighted by Gasteiger charge is 2.29. The fourth-order valence-electron chi connectivity index (χ4n) is 3.23. The van der Waals surface area contributed by atoms with Gasteiger partial charge in [-0.15, -0.1) is 0 Å². The Kier molecular flexibility index (Phi) is 7.00. The number of carbonyl (C=O) groups excluding carboxylic acids is 1. The quantitative estimate of drug-likeness (QED) is 0.564. The van der Waals surface area contributed by atoms with Crippen molar-refractivity contribution in [2.75, 3.05) is 13.2 Å². The van der Waals surface area contributed by atoms with E-state index < -0.39 is 16.1 Å². The summed E-state index contributed by atoms with van der Waals surface area (Å²) in [7, 11) is -4.15. The van der Waals surface area contributed by atoms with Gasteiger partial charge >= 0.3 is 6.03 Å². The van der Waals surface area contributed by atoms with E-state index >= 15 is 0 Å². The van der Waals surface area contributed by atoms with Crippen LogP contribution < -0.4 is 14.8 Å². The van der Waals surface area contributed by atoms with E-state index in [1.165, 1.54) is 24.5 Å². The van der Waals surface area contributed by atoms with E-state index in [1.807, 2.05) is 0 Å². The molecule has 2 heterocycles. The number of ether oxygens (including phenoxy) is 2. The van der Waals surface area contributed by atoms with Gasteiger partial charge in [-0.1, -0.05) is 29.8 Å². The molecule has 0 aliphatic carbocycles. The molecule has 0 saturated carbocycles. The first-order chi connectivity index (χ1) is 15.9. The van der Waals surface area contributed by atoms with Gasteiger partial charge < -0.3 is 14.8 Å². The number of aromatic nitrogens is 1. The summed E-state index contributed by atoms with van der Waals surface area (Å²) in [5, 5.41) is 3.21. The predicted octanol–water partition coefficient (Wildman–Crippen LogP) is 4.00. The van der Waals surface area contributed by atoms with Crippen molar-refractivity contribution in [2.45, 2.75) is 24.4 Å². The smallest absolute Gasteiger partial charge is 0.331 e. The third kappa shape index (κ3) is 5.55. The Labute approximate surface area is 197 Å². The standard InChI is InChI=1S/C23H22ClN3O5S/c24-19-7-4-17(5-8-19)16-27(33(29,30)20-3-1-10-25-15-20)23(28)26-14-18-6-9-21-22(13-18)32-12-2-11-31-21/h1,3-10,13,15H,2,11-12,14,16H2,(H,26,28). The number of rotatable bonds is 6. The largest absolute Gasteiger partial charge is 0.490 e. The molecule has 1 aliphatic rings. The highest BCUT2D eigenvalue weighted by molar-refractivity contribution is 7.89. The number of nitrogens with zero attached hydrogens (tertiary/aromatic N) is 2. The van der Waals surface area contributed by atoms with Crippen LogP contribution in [0.1, 0.15) is 17.5 Å². The van der Waals surface area contributed by atoms with Crippen molar-refractivity contribution in [1.29, 1.82) is 0 Å². The molecule has 0 spiro atoms. The molecule has 0 unspecified atom stereocenters. The van der Waals surface area contributed by atoms with E-state index in [1.54, 1.807) is 42.5 Å². The van der Waals surface area contributed by atoms with E-state index in [2.05, 4.69) is 10.3 Å². The van der Waals surface area contributed by atoms with Crippen LogP contribution >= 0.6 is 11.6 Å². The van der Waals surface area contributed by atoms with Crippen LogP contribution in [-0.4, -0.2) is 37.0 Å². The number of fused-ring (bicyclic) bond motifs is 1. The van der Waals surface area contributed by atoms with Crippen molar-refractivity contribution < 1.29 is 22.7 Å². The Hall–Kier alpha value is -3.30. The number of pyridine rings is 1. The monoisotopic (exact) mass is 487 g/mol. The molecular formula is C23H22ClN3O5S. The molecule has 8 nitrogen and oxygen atoms in total. The lowest BCUT2D eigenvalue weighted by Crippen LogP contribution is -2.43. The minimum Gasteiger partial charge on any atom is -0.490 e. The maximum Gasteiger partial charge on any atom is 0.331 e. The predicted molar refractivity (Wildman–Crippen MR) is 123 cm³/mol. The first-order valence-corrected chi connectivity index (χ1v) is 12.1. The number of amides is 2. The van der Waals surface area contributed by atoms with Gasteiger partial charge in [-0.2, -0.15) is 0 Å². The summed E-state index contributed by atoms with van der Waals surface area (Å²) in [6.45, 7) is 1.06. The van der Waals surface area contributed by atoms with Crippen molar-refractivity contribution in [1.82, 2.24) is 14.6 Å². The Bertz CT molecular complexity index is 1220. The molecule has 2 aromatic carbocycles. The summed E-state index contributed by atoms with van der Waals surface area (Å²) >= 11 is 5.94. The van der Waals surface area contributed by atoms with Crippen LogP contribution in [0.25, 0.3) is 0 Å². The number of sulfonamides is 1. The van der Waals surface area contributed by atoms with Crippen LogP contribution in [0, 0.1) is 0 Å². The van der Waals surface area contributed by atoms with Gasteiger partial charge in [-0.05, 0) is 47.5 Å². The molecule has 0 atom stereocenters. The van der Waals surface area contributed by atoms with E-state index in [0.29, 0.717) is 35.3 Å². The number of carbonyl (C=O) groups is 1. The molecule has 33 heavy (non-hydrogen) atoms. The number of nitrogens with one attached hydrogen (secondary N) is 1. The van der Waals surface area contributed by atoms with Crippen LogP contribution in [0.5, 0.6) is 11.5 Å². The number of hydrogen-bond donors (Lipinski definition) is 1. The molecule has 2 amide bonds. The SMILES string of the molecule is O=C(NCc1ccc2c(c1)OCCCO2)N(Cc1ccc(Cl)cc1)S(=O)(=O)c1cccnc1. The average molecular weight is 488 g/mol. The number of hydrogen-bond acceptors (Lipinski definition) is 6. The molecule has 0 bridgehead atoms. The van der Waals surface area contributed by atoms with E-state index in [-0.39, 0.29) is 18.0 Å². The van der Waals surface area contributed by atoms with Crippen molar-refractivity contribution in [3.63, 3.8) is 0 Å². The second kappa shape index (κ2) is 10.1. The van der Waals surface area contributed by atoms with E-state index in [4.69, 9.17) is 21.1 Å². The molecule has 0 fully saturated rings. The van der Waals surface area contributed by atoms with Gasteiger partial charge in [0.2, 0.25) is 0 Å². The Balaban J connectivity index is 1.55. The lowest BCUT2D eigenvalue weighted by Gasteiger charge is -2.23. The van der Waals surface area contributed by atoms with Crippen molar-refractivity contribution in [3.05, 3.63) is 83.1 Å². The lowest BCUT2D eigenvalue weighted by molar-refractivity contribution is 0.221. The van der Waals surface area contributed by atoms with Crippen LogP contribution in [0.15, 0.2) is 71.9 Å². The molecule has 3 aromatic rings. The minimum atomic E-state index is -4.15. The van der Waals surface area contributed by atoms with Gasteiger partial charge in [0, 0.05) is 30.4 Å². The summed E-state index contributed by atoms with van der Waals surface area (Å²) in [4.78, 5) is 16.9. The second-order valence-corrected chi connectivity index (χ2v) is 9.62. The molecule has 10 heteroatoms. The average Bonchev–Trinajstić information content (AvgIpc) is 3.07. The molecule has 1 aromatic heterocycles. The fraction of sp³-hybridized carbons (Fsp3) is 0.217. The third-order valence-corrected chi connectivity index (χ3v) is 6.91. The normalized spacial score (nSPS) is 13.1. The van der Waals surface area contributed by atoms with Gasteiger partial charge in [-0.3, -0.25) is 4.98 Å². The molecule has 0 saturated heterocycles.